The third kappa shape index (κ3) is 4.67. The summed E-state index contributed by atoms with van der Waals surface area (Å²) in [4.78, 5) is 14.9. The van der Waals surface area contributed by atoms with E-state index in [0.29, 0.717) is 47.1 Å². The summed E-state index contributed by atoms with van der Waals surface area (Å²) in [5, 5.41) is 0. The second-order valence-corrected chi connectivity index (χ2v) is 7.42. The second-order valence-electron chi connectivity index (χ2n) is 6.57. The van der Waals surface area contributed by atoms with Gasteiger partial charge in [0, 0.05) is 31.3 Å². The van der Waals surface area contributed by atoms with Crippen molar-refractivity contribution in [1.82, 2.24) is 0 Å². The molecule has 0 saturated heterocycles. The summed E-state index contributed by atoms with van der Waals surface area (Å²) in [5.74, 6) is 2.46. The summed E-state index contributed by atoms with van der Waals surface area (Å²) < 4.78 is 22.7. The number of carbonyl (C=O) groups excluding carboxylic acids is 1. The molecule has 1 aliphatic heterocycles. The molecule has 1 heterocycles. The number of hydrogen-bond donors (Lipinski definition) is 0. The third-order valence-electron chi connectivity index (χ3n) is 4.40. The Morgan fingerprint density at radius 1 is 1.14 bits per heavy atom. The van der Waals surface area contributed by atoms with Crippen molar-refractivity contribution < 1.29 is 23.7 Å². The van der Waals surface area contributed by atoms with Crippen molar-refractivity contribution in [3.05, 3.63) is 45.9 Å². The predicted molar refractivity (Wildman–Crippen MR) is 117 cm³/mol. The number of anilines is 1. The number of fused-ring (bicyclic) bond motifs is 1. The van der Waals surface area contributed by atoms with Gasteiger partial charge in [-0.05, 0) is 53.2 Å². The Labute approximate surface area is 179 Å². The SMILES string of the molecule is CCOc1ccc(C(=O)C(Br)=Cc2cc3c(cc2OC)OCCO3)cc1N(C)C. The van der Waals surface area contributed by atoms with Crippen LogP contribution in [0.25, 0.3) is 6.08 Å². The van der Waals surface area contributed by atoms with Gasteiger partial charge in [0.25, 0.3) is 0 Å². The summed E-state index contributed by atoms with van der Waals surface area (Å²) in [6, 6.07) is 8.98. The number of hydrogen-bond acceptors (Lipinski definition) is 6. The van der Waals surface area contributed by atoms with E-state index in [4.69, 9.17) is 18.9 Å². The molecule has 1 aliphatic rings. The van der Waals surface area contributed by atoms with E-state index in [-0.39, 0.29) is 5.78 Å². The van der Waals surface area contributed by atoms with Gasteiger partial charge in [-0.15, -0.1) is 0 Å². The van der Waals surface area contributed by atoms with Gasteiger partial charge >= 0.3 is 0 Å². The van der Waals surface area contributed by atoms with E-state index in [9.17, 15) is 4.79 Å². The molecule has 0 aromatic heterocycles. The van der Waals surface area contributed by atoms with Crippen LogP contribution in [-0.4, -0.2) is 46.8 Å². The fourth-order valence-electron chi connectivity index (χ4n) is 3.00. The molecule has 0 spiro atoms. The lowest BCUT2D eigenvalue weighted by Gasteiger charge is -2.20. The Morgan fingerprint density at radius 2 is 1.83 bits per heavy atom. The highest BCUT2D eigenvalue weighted by atomic mass is 79.9. The van der Waals surface area contributed by atoms with Crippen LogP contribution in [-0.2, 0) is 0 Å². The summed E-state index contributed by atoms with van der Waals surface area (Å²) in [6.45, 7) is 3.47. The summed E-state index contributed by atoms with van der Waals surface area (Å²) in [5.41, 5.74) is 2.11. The fourth-order valence-corrected chi connectivity index (χ4v) is 3.48. The molecule has 0 bridgehead atoms. The van der Waals surface area contributed by atoms with E-state index >= 15 is 0 Å². The molecule has 0 fully saturated rings. The molecule has 0 aliphatic carbocycles. The maximum Gasteiger partial charge on any atom is 0.200 e. The molecule has 7 heteroatoms. The number of rotatable bonds is 7. The minimum atomic E-state index is -0.145. The van der Waals surface area contributed by atoms with Crippen molar-refractivity contribution in [1.29, 1.82) is 0 Å². The number of ketones is 1. The molecule has 6 nitrogen and oxygen atoms in total. The molecule has 29 heavy (non-hydrogen) atoms. The molecular formula is C22H24BrNO5. The number of halogens is 1. The number of methoxy groups -OCH3 is 1. The summed E-state index contributed by atoms with van der Waals surface area (Å²) in [7, 11) is 5.41. The molecular weight excluding hydrogens is 438 g/mol. The van der Waals surface area contributed by atoms with Crippen molar-refractivity contribution in [2.45, 2.75) is 6.92 Å². The number of ether oxygens (including phenoxy) is 4. The molecule has 154 valence electrons. The minimum absolute atomic E-state index is 0.145. The Balaban J connectivity index is 1.94. The predicted octanol–water partition coefficient (Wildman–Crippen LogP) is 4.55. The Hall–Kier alpha value is -2.67. The number of nitrogens with zero attached hydrogens (tertiary/aromatic N) is 1. The lowest BCUT2D eigenvalue weighted by molar-refractivity contribution is 0.104. The Morgan fingerprint density at radius 3 is 2.45 bits per heavy atom. The lowest BCUT2D eigenvalue weighted by Crippen LogP contribution is -2.15. The first-order chi connectivity index (χ1) is 13.9. The second kappa shape index (κ2) is 9.22. The Bertz CT molecular complexity index is 939. The van der Waals surface area contributed by atoms with Crippen molar-refractivity contribution in [3.8, 4) is 23.0 Å². The van der Waals surface area contributed by atoms with Gasteiger partial charge in [-0.1, -0.05) is 0 Å². The van der Waals surface area contributed by atoms with E-state index in [1.807, 2.05) is 44.1 Å². The highest BCUT2D eigenvalue weighted by Gasteiger charge is 2.18. The molecule has 0 unspecified atom stereocenters. The van der Waals surface area contributed by atoms with Crippen LogP contribution in [0.15, 0.2) is 34.8 Å². The molecule has 0 radical (unpaired) electrons. The third-order valence-corrected chi connectivity index (χ3v) is 4.99. The van der Waals surface area contributed by atoms with Gasteiger partial charge in [0.2, 0.25) is 0 Å². The first kappa shape index (κ1) is 21.0. The lowest BCUT2D eigenvalue weighted by atomic mass is 10.1. The standard InChI is InChI=1S/C22H24BrNO5/c1-5-27-18-7-6-14(11-17(18)24(2)3)22(25)16(23)10-15-12-20-21(13-19(15)26-4)29-9-8-28-20/h6-7,10-13H,5,8-9H2,1-4H3. The minimum Gasteiger partial charge on any atom is -0.496 e. The average molecular weight is 462 g/mol. The Kier molecular flexibility index (Phi) is 6.69. The van der Waals surface area contributed by atoms with Gasteiger partial charge in [-0.3, -0.25) is 4.79 Å². The quantitative estimate of drug-likeness (QED) is 0.445. The van der Waals surface area contributed by atoms with Crippen molar-refractivity contribution in [2.75, 3.05) is 45.9 Å². The first-order valence-corrected chi connectivity index (χ1v) is 10.1. The number of carbonyl (C=O) groups is 1. The summed E-state index contributed by atoms with van der Waals surface area (Å²) in [6.07, 6.45) is 1.73. The van der Waals surface area contributed by atoms with Gasteiger partial charge in [0.05, 0.1) is 23.9 Å². The fraction of sp³-hybridized carbons (Fsp3) is 0.318. The van der Waals surface area contributed by atoms with Crippen molar-refractivity contribution in [2.24, 2.45) is 0 Å². The molecule has 0 N–H and O–H groups in total. The van der Waals surface area contributed by atoms with Crippen LogP contribution in [0.4, 0.5) is 5.69 Å². The van der Waals surface area contributed by atoms with E-state index in [1.54, 1.807) is 25.3 Å². The van der Waals surface area contributed by atoms with Crippen LogP contribution in [0.2, 0.25) is 0 Å². The van der Waals surface area contributed by atoms with Gasteiger partial charge in [-0.2, -0.15) is 0 Å². The average Bonchev–Trinajstić information content (AvgIpc) is 2.73. The largest absolute Gasteiger partial charge is 0.496 e. The monoisotopic (exact) mass is 461 g/mol. The zero-order valence-corrected chi connectivity index (χ0v) is 18.5. The van der Waals surface area contributed by atoms with Crippen LogP contribution in [0.1, 0.15) is 22.8 Å². The van der Waals surface area contributed by atoms with E-state index < -0.39 is 0 Å². The molecule has 0 saturated carbocycles. The van der Waals surface area contributed by atoms with E-state index in [0.717, 1.165) is 17.0 Å². The van der Waals surface area contributed by atoms with Crippen LogP contribution < -0.4 is 23.8 Å². The molecule has 2 aromatic rings. The van der Waals surface area contributed by atoms with E-state index in [1.165, 1.54) is 0 Å². The van der Waals surface area contributed by atoms with Crippen molar-refractivity contribution >= 4 is 33.5 Å². The highest BCUT2D eigenvalue weighted by molar-refractivity contribution is 9.12. The zero-order chi connectivity index (χ0) is 21.0. The van der Waals surface area contributed by atoms with Crippen molar-refractivity contribution in [3.63, 3.8) is 0 Å². The van der Waals surface area contributed by atoms with Gasteiger partial charge in [0.15, 0.2) is 17.3 Å². The summed E-state index contributed by atoms with van der Waals surface area (Å²) >= 11 is 3.43. The maximum atomic E-state index is 13.0. The molecule has 0 amide bonds. The number of Topliss-reactive ketones (excluding diaryl/α,β-unsaturated/α-hetero) is 1. The highest BCUT2D eigenvalue weighted by Crippen LogP contribution is 2.38. The van der Waals surface area contributed by atoms with Crippen LogP contribution in [0.3, 0.4) is 0 Å². The maximum absolute atomic E-state index is 13.0. The number of allylic oxidation sites excluding steroid dienone is 1. The van der Waals surface area contributed by atoms with Crippen LogP contribution in [0, 0.1) is 0 Å². The van der Waals surface area contributed by atoms with Gasteiger partial charge in [0.1, 0.15) is 24.7 Å². The molecule has 3 rings (SSSR count). The van der Waals surface area contributed by atoms with Gasteiger partial charge < -0.3 is 23.8 Å². The number of benzene rings is 2. The zero-order valence-electron chi connectivity index (χ0n) is 17.0. The topological polar surface area (TPSA) is 57.2 Å². The molecule has 2 aromatic carbocycles. The van der Waals surface area contributed by atoms with Gasteiger partial charge in [-0.25, -0.2) is 0 Å². The normalized spacial score (nSPS) is 13.1. The molecule has 0 atom stereocenters. The van der Waals surface area contributed by atoms with Crippen LogP contribution in [0.5, 0.6) is 23.0 Å². The van der Waals surface area contributed by atoms with Crippen LogP contribution >= 0.6 is 15.9 Å². The smallest absolute Gasteiger partial charge is 0.200 e. The van der Waals surface area contributed by atoms with E-state index in [2.05, 4.69) is 15.9 Å². The first-order valence-electron chi connectivity index (χ1n) is 9.28.